The molecule has 1 aromatic heterocycles. The number of hydrogen-bond acceptors (Lipinski definition) is 4. The third-order valence-electron chi connectivity index (χ3n) is 3.33. The summed E-state index contributed by atoms with van der Waals surface area (Å²) in [6.07, 6.45) is 0. The van der Waals surface area contributed by atoms with E-state index in [0.717, 1.165) is 23.7 Å². The Morgan fingerprint density at radius 2 is 2.17 bits per heavy atom. The Bertz CT molecular complexity index is 575. The maximum atomic E-state index is 6.33. The number of nitrogen functional groups attached to an aromatic ring is 1. The summed E-state index contributed by atoms with van der Waals surface area (Å²) in [5, 5.41) is 4.67. The fourth-order valence-electron chi connectivity index (χ4n) is 2.34. The van der Waals surface area contributed by atoms with Gasteiger partial charge in [-0.25, -0.2) is 0 Å². The lowest BCUT2D eigenvalue weighted by Gasteiger charge is -2.37. The van der Waals surface area contributed by atoms with Gasteiger partial charge in [-0.3, -0.25) is 0 Å². The van der Waals surface area contributed by atoms with Gasteiger partial charge in [0.05, 0.1) is 0 Å². The number of nitrogens with zero attached hydrogens (tertiary/aromatic N) is 2. The van der Waals surface area contributed by atoms with Crippen molar-refractivity contribution >= 4 is 17.5 Å². The first-order chi connectivity index (χ1) is 8.63. The third kappa shape index (κ3) is 1.98. The van der Waals surface area contributed by atoms with Gasteiger partial charge in [-0.1, -0.05) is 28.9 Å². The summed E-state index contributed by atoms with van der Waals surface area (Å²) in [5.41, 5.74) is 8.36. The van der Waals surface area contributed by atoms with Crippen molar-refractivity contribution in [2.45, 2.75) is 5.92 Å². The van der Waals surface area contributed by atoms with E-state index in [0.29, 0.717) is 17.5 Å². The number of hydrogen-bond donors (Lipinski definition) is 1. The molecule has 1 aliphatic heterocycles. The first-order valence-electron chi connectivity index (χ1n) is 5.84. The molecule has 0 saturated carbocycles. The van der Waals surface area contributed by atoms with E-state index < -0.39 is 0 Å². The molecule has 3 rings (SSSR count). The molecule has 1 aliphatic rings. The summed E-state index contributed by atoms with van der Waals surface area (Å²) < 4.78 is 4.86. The van der Waals surface area contributed by atoms with E-state index >= 15 is 0 Å². The molecule has 94 valence electrons. The van der Waals surface area contributed by atoms with E-state index in [4.69, 9.17) is 21.9 Å². The lowest BCUT2D eigenvalue weighted by atomic mass is 9.91. The summed E-state index contributed by atoms with van der Waals surface area (Å²) in [6, 6.07) is 7.70. The largest absolute Gasteiger partial charge is 0.368 e. The quantitative estimate of drug-likeness (QED) is 0.905. The molecule has 0 radical (unpaired) electrons. The van der Waals surface area contributed by atoms with Crippen molar-refractivity contribution < 1.29 is 4.52 Å². The standard InChI is InChI=1S/C13H14ClN3O/c1-17-6-9(7-17)10-3-2-8(4-11(10)14)12-5-13(15)18-16-12/h2-5,9H,6-7,15H2,1H3. The Morgan fingerprint density at radius 1 is 1.39 bits per heavy atom. The van der Waals surface area contributed by atoms with Crippen molar-refractivity contribution in [2.24, 2.45) is 0 Å². The molecule has 2 N–H and O–H groups in total. The number of likely N-dealkylation sites (tertiary alicyclic amines) is 1. The van der Waals surface area contributed by atoms with Crippen molar-refractivity contribution in [2.75, 3.05) is 25.9 Å². The van der Waals surface area contributed by atoms with Crippen LogP contribution in [0.1, 0.15) is 11.5 Å². The summed E-state index contributed by atoms with van der Waals surface area (Å²) in [5.74, 6) is 0.852. The van der Waals surface area contributed by atoms with Gasteiger partial charge in [-0.2, -0.15) is 0 Å². The van der Waals surface area contributed by atoms with E-state index in [2.05, 4.69) is 23.2 Å². The molecule has 0 spiro atoms. The van der Waals surface area contributed by atoms with Crippen LogP contribution in [0.2, 0.25) is 5.02 Å². The molecule has 0 amide bonds. The van der Waals surface area contributed by atoms with Gasteiger partial charge in [-0.05, 0) is 18.7 Å². The van der Waals surface area contributed by atoms with E-state index in [1.165, 1.54) is 5.56 Å². The lowest BCUT2D eigenvalue weighted by molar-refractivity contribution is 0.190. The van der Waals surface area contributed by atoms with Crippen LogP contribution in [0.3, 0.4) is 0 Å². The molecule has 2 aromatic rings. The molecule has 0 unspecified atom stereocenters. The highest BCUT2D eigenvalue weighted by Crippen LogP contribution is 2.34. The summed E-state index contributed by atoms with van der Waals surface area (Å²) in [6.45, 7) is 2.13. The molecule has 0 bridgehead atoms. The van der Waals surface area contributed by atoms with Crippen LogP contribution in [-0.2, 0) is 0 Å². The SMILES string of the molecule is CN1CC(c2ccc(-c3cc(N)on3)cc2Cl)C1. The summed E-state index contributed by atoms with van der Waals surface area (Å²) in [4.78, 5) is 2.27. The van der Waals surface area contributed by atoms with Gasteiger partial charge < -0.3 is 15.2 Å². The van der Waals surface area contributed by atoms with Crippen LogP contribution >= 0.6 is 11.6 Å². The number of rotatable bonds is 2. The molecular weight excluding hydrogens is 250 g/mol. The fraction of sp³-hybridized carbons (Fsp3) is 0.308. The third-order valence-corrected chi connectivity index (χ3v) is 3.66. The van der Waals surface area contributed by atoms with E-state index in [9.17, 15) is 0 Å². The molecule has 1 fully saturated rings. The molecule has 0 atom stereocenters. The average molecular weight is 264 g/mol. The fourth-order valence-corrected chi connectivity index (χ4v) is 2.67. The van der Waals surface area contributed by atoms with Crippen LogP contribution in [0, 0.1) is 0 Å². The van der Waals surface area contributed by atoms with E-state index in [1.807, 2.05) is 12.1 Å². The molecule has 5 heteroatoms. The Labute approximate surface area is 110 Å². The topological polar surface area (TPSA) is 55.3 Å². The first kappa shape index (κ1) is 11.6. The van der Waals surface area contributed by atoms with Gasteiger partial charge in [-0.15, -0.1) is 0 Å². The Kier molecular flexibility index (Phi) is 2.76. The van der Waals surface area contributed by atoms with Crippen LogP contribution in [0.15, 0.2) is 28.8 Å². The van der Waals surface area contributed by atoms with Gasteiger partial charge in [0.25, 0.3) is 0 Å². The minimum Gasteiger partial charge on any atom is -0.368 e. The minimum absolute atomic E-state index is 0.311. The van der Waals surface area contributed by atoms with Crippen molar-refractivity contribution in [1.82, 2.24) is 10.1 Å². The molecule has 18 heavy (non-hydrogen) atoms. The lowest BCUT2D eigenvalue weighted by Crippen LogP contribution is -2.41. The van der Waals surface area contributed by atoms with E-state index in [1.54, 1.807) is 6.07 Å². The van der Waals surface area contributed by atoms with Crippen molar-refractivity contribution in [3.8, 4) is 11.3 Å². The van der Waals surface area contributed by atoms with Crippen LogP contribution in [0.5, 0.6) is 0 Å². The zero-order chi connectivity index (χ0) is 12.7. The highest BCUT2D eigenvalue weighted by Gasteiger charge is 2.26. The van der Waals surface area contributed by atoms with Crippen LogP contribution < -0.4 is 5.73 Å². The predicted octanol–water partition coefficient (Wildman–Crippen LogP) is 2.61. The Morgan fingerprint density at radius 3 is 2.72 bits per heavy atom. The summed E-state index contributed by atoms with van der Waals surface area (Å²) in [7, 11) is 2.11. The Hall–Kier alpha value is -1.52. The van der Waals surface area contributed by atoms with Crippen LogP contribution in [-0.4, -0.2) is 30.2 Å². The van der Waals surface area contributed by atoms with E-state index in [-0.39, 0.29) is 0 Å². The maximum Gasteiger partial charge on any atom is 0.222 e. The van der Waals surface area contributed by atoms with Crippen molar-refractivity contribution in [1.29, 1.82) is 0 Å². The highest BCUT2D eigenvalue weighted by atomic mass is 35.5. The molecule has 1 saturated heterocycles. The van der Waals surface area contributed by atoms with Crippen molar-refractivity contribution in [3.05, 3.63) is 34.9 Å². The summed E-state index contributed by atoms with van der Waals surface area (Å²) >= 11 is 6.33. The van der Waals surface area contributed by atoms with Gasteiger partial charge in [0.15, 0.2) is 0 Å². The second-order valence-corrected chi connectivity index (χ2v) is 5.18. The van der Waals surface area contributed by atoms with Gasteiger partial charge in [0.1, 0.15) is 5.69 Å². The zero-order valence-electron chi connectivity index (χ0n) is 10.1. The van der Waals surface area contributed by atoms with Gasteiger partial charge >= 0.3 is 0 Å². The number of anilines is 1. The number of benzene rings is 1. The Balaban J connectivity index is 1.89. The molecular formula is C13H14ClN3O. The zero-order valence-corrected chi connectivity index (χ0v) is 10.8. The molecule has 1 aromatic carbocycles. The number of aromatic nitrogens is 1. The van der Waals surface area contributed by atoms with Crippen molar-refractivity contribution in [3.63, 3.8) is 0 Å². The first-order valence-corrected chi connectivity index (χ1v) is 6.22. The molecule has 2 heterocycles. The second kappa shape index (κ2) is 4.30. The number of halogens is 1. The smallest absolute Gasteiger partial charge is 0.222 e. The predicted molar refractivity (Wildman–Crippen MR) is 71.6 cm³/mol. The second-order valence-electron chi connectivity index (χ2n) is 4.77. The molecule has 4 nitrogen and oxygen atoms in total. The van der Waals surface area contributed by atoms with Crippen LogP contribution in [0.4, 0.5) is 5.88 Å². The monoisotopic (exact) mass is 263 g/mol. The van der Waals surface area contributed by atoms with Crippen LogP contribution in [0.25, 0.3) is 11.3 Å². The molecule has 0 aliphatic carbocycles. The number of likely N-dealkylation sites (N-methyl/N-ethyl adjacent to an activating group) is 1. The number of nitrogens with two attached hydrogens (primary N) is 1. The maximum absolute atomic E-state index is 6.33. The van der Waals surface area contributed by atoms with Gasteiger partial charge in [0.2, 0.25) is 5.88 Å². The van der Waals surface area contributed by atoms with Gasteiger partial charge in [0, 0.05) is 35.7 Å². The normalized spacial score (nSPS) is 16.8. The minimum atomic E-state index is 0.311. The average Bonchev–Trinajstić information content (AvgIpc) is 2.72. The highest BCUT2D eigenvalue weighted by molar-refractivity contribution is 6.31.